The lowest BCUT2D eigenvalue weighted by Crippen LogP contribution is -2.52. The first-order chi connectivity index (χ1) is 5.43. The van der Waals surface area contributed by atoms with Gasteiger partial charge in [0.1, 0.15) is 0 Å². The Morgan fingerprint density at radius 2 is 2.25 bits per heavy atom. The second-order valence-electron chi connectivity index (χ2n) is 3.77. The number of nitro groups is 1. The predicted octanol–water partition coefficient (Wildman–Crippen LogP) is 0.178. The molecule has 0 spiro atoms. The molecule has 0 unspecified atom stereocenters. The van der Waals surface area contributed by atoms with Gasteiger partial charge >= 0.3 is 0 Å². The molecule has 12 heavy (non-hydrogen) atoms. The zero-order valence-electron chi connectivity index (χ0n) is 7.16. The number of carbonyl (C=O) groups is 1. The molecule has 5 nitrogen and oxygen atoms in total. The van der Waals surface area contributed by atoms with Crippen molar-refractivity contribution in [2.45, 2.75) is 26.3 Å². The van der Waals surface area contributed by atoms with E-state index >= 15 is 0 Å². The van der Waals surface area contributed by atoms with Gasteiger partial charge < -0.3 is 5.32 Å². The van der Waals surface area contributed by atoms with Gasteiger partial charge in [-0.3, -0.25) is 14.9 Å². The number of carbonyl (C=O) groups excluding carboxylic acids is 1. The second kappa shape index (κ2) is 2.73. The maximum Gasteiger partial charge on any atom is 0.235 e. The summed E-state index contributed by atoms with van der Waals surface area (Å²) >= 11 is 0. The molecule has 0 aromatic rings. The third-order valence-electron chi connectivity index (χ3n) is 2.27. The van der Waals surface area contributed by atoms with Crippen LogP contribution in [0.5, 0.6) is 0 Å². The molecule has 1 amide bonds. The molecule has 0 aromatic heterocycles. The second-order valence-corrected chi connectivity index (χ2v) is 3.77. The van der Waals surface area contributed by atoms with E-state index in [1.165, 1.54) is 0 Å². The molecule has 0 saturated carbocycles. The minimum atomic E-state index is -0.657. The number of hydrogen-bond donors (Lipinski definition) is 1. The van der Waals surface area contributed by atoms with E-state index in [2.05, 4.69) is 5.32 Å². The van der Waals surface area contributed by atoms with Crippen LogP contribution in [0, 0.1) is 15.5 Å². The number of nitrogens with one attached hydrogen (secondary N) is 1. The highest BCUT2D eigenvalue weighted by atomic mass is 16.6. The molecule has 0 aromatic carbocycles. The number of nitrogens with zero attached hydrogens (tertiary/aromatic N) is 1. The summed E-state index contributed by atoms with van der Waals surface area (Å²) in [6.45, 7) is 3.65. The molecule has 1 saturated heterocycles. The quantitative estimate of drug-likeness (QED) is 0.453. The van der Waals surface area contributed by atoms with Crippen molar-refractivity contribution in [3.63, 3.8) is 0 Å². The minimum absolute atomic E-state index is 0.0990. The van der Waals surface area contributed by atoms with Crippen LogP contribution in [0.25, 0.3) is 0 Å². The Kier molecular flexibility index (Phi) is 2.04. The lowest BCUT2D eigenvalue weighted by atomic mass is 9.79. The van der Waals surface area contributed by atoms with Gasteiger partial charge in [0.15, 0.2) is 0 Å². The van der Waals surface area contributed by atoms with Crippen molar-refractivity contribution in [2.24, 2.45) is 5.41 Å². The molecule has 1 aliphatic heterocycles. The Balaban J connectivity index is 2.77. The van der Waals surface area contributed by atoms with Crippen LogP contribution in [0.1, 0.15) is 20.3 Å². The Morgan fingerprint density at radius 3 is 2.67 bits per heavy atom. The van der Waals surface area contributed by atoms with Gasteiger partial charge in [-0.25, -0.2) is 0 Å². The number of rotatable bonds is 1. The molecule has 68 valence electrons. The summed E-state index contributed by atoms with van der Waals surface area (Å²) in [6.07, 6.45) is 0.235. The van der Waals surface area contributed by atoms with Crippen LogP contribution in [0.3, 0.4) is 0 Å². The number of hydrogen-bond acceptors (Lipinski definition) is 3. The summed E-state index contributed by atoms with van der Waals surface area (Å²) in [6, 6.07) is -0.657. The van der Waals surface area contributed by atoms with Gasteiger partial charge in [0.05, 0.1) is 6.54 Å². The van der Waals surface area contributed by atoms with Crippen molar-refractivity contribution in [3.05, 3.63) is 10.1 Å². The van der Waals surface area contributed by atoms with Crippen molar-refractivity contribution in [3.8, 4) is 0 Å². The van der Waals surface area contributed by atoms with E-state index in [-0.39, 0.29) is 23.8 Å². The van der Waals surface area contributed by atoms with E-state index in [1.54, 1.807) is 13.8 Å². The van der Waals surface area contributed by atoms with E-state index in [0.29, 0.717) is 0 Å². The van der Waals surface area contributed by atoms with Crippen LogP contribution in [0.4, 0.5) is 0 Å². The lowest BCUT2D eigenvalue weighted by molar-refractivity contribution is -0.539. The van der Waals surface area contributed by atoms with Crippen molar-refractivity contribution >= 4 is 5.91 Å². The number of piperidine rings is 1. The van der Waals surface area contributed by atoms with E-state index in [1.807, 2.05) is 0 Å². The first-order valence-electron chi connectivity index (χ1n) is 3.84. The first-order valence-corrected chi connectivity index (χ1v) is 3.84. The monoisotopic (exact) mass is 172 g/mol. The lowest BCUT2D eigenvalue weighted by Gasteiger charge is -2.31. The van der Waals surface area contributed by atoms with Crippen LogP contribution in [0.2, 0.25) is 0 Å². The van der Waals surface area contributed by atoms with E-state index in [4.69, 9.17) is 0 Å². The summed E-state index contributed by atoms with van der Waals surface area (Å²) < 4.78 is 0. The average Bonchev–Trinajstić information content (AvgIpc) is 1.82. The summed E-state index contributed by atoms with van der Waals surface area (Å²) in [4.78, 5) is 21.1. The molecule has 0 bridgehead atoms. The molecule has 1 aliphatic rings. The standard InChI is InChI=1S/C7H12N2O3/c1-7(2)3-6(10)8-4-5(7)9(11)12/h5H,3-4H2,1-2H3,(H,8,10)/t5-/m0/s1. The normalized spacial score (nSPS) is 27.8. The van der Waals surface area contributed by atoms with E-state index < -0.39 is 11.5 Å². The van der Waals surface area contributed by atoms with Gasteiger partial charge in [0, 0.05) is 16.8 Å². The summed E-state index contributed by atoms with van der Waals surface area (Å²) in [7, 11) is 0. The van der Waals surface area contributed by atoms with Gasteiger partial charge in [-0.1, -0.05) is 13.8 Å². The molecule has 1 heterocycles. The predicted molar refractivity (Wildman–Crippen MR) is 42.2 cm³/mol. The van der Waals surface area contributed by atoms with Crippen molar-refractivity contribution in [1.82, 2.24) is 5.32 Å². The Morgan fingerprint density at radius 1 is 1.67 bits per heavy atom. The van der Waals surface area contributed by atoms with Crippen LogP contribution in [-0.4, -0.2) is 23.4 Å². The Hall–Kier alpha value is -1.13. The molecule has 0 aliphatic carbocycles. The fourth-order valence-corrected chi connectivity index (χ4v) is 1.44. The zero-order chi connectivity index (χ0) is 9.35. The van der Waals surface area contributed by atoms with E-state index in [9.17, 15) is 14.9 Å². The Bertz CT molecular complexity index is 225. The largest absolute Gasteiger partial charge is 0.349 e. The molecular weight excluding hydrogens is 160 g/mol. The molecule has 5 heteroatoms. The third-order valence-corrected chi connectivity index (χ3v) is 2.27. The summed E-state index contributed by atoms with van der Waals surface area (Å²) in [5.74, 6) is -0.0990. The van der Waals surface area contributed by atoms with Crippen LogP contribution < -0.4 is 5.32 Å². The molecule has 1 N–H and O–H groups in total. The molecule has 0 radical (unpaired) electrons. The van der Waals surface area contributed by atoms with Crippen LogP contribution >= 0.6 is 0 Å². The van der Waals surface area contributed by atoms with Crippen LogP contribution in [0.15, 0.2) is 0 Å². The van der Waals surface area contributed by atoms with Crippen molar-refractivity contribution in [1.29, 1.82) is 0 Å². The van der Waals surface area contributed by atoms with Crippen molar-refractivity contribution in [2.75, 3.05) is 6.54 Å². The SMILES string of the molecule is CC1(C)CC(=O)NC[C@@H]1[N+](=O)[O-]. The summed E-state index contributed by atoms with van der Waals surface area (Å²) in [5.41, 5.74) is -0.522. The smallest absolute Gasteiger partial charge is 0.235 e. The molecule has 1 rings (SSSR count). The molecule has 1 fully saturated rings. The Labute approximate surface area is 70.3 Å². The third kappa shape index (κ3) is 1.54. The van der Waals surface area contributed by atoms with Gasteiger partial charge in [-0.15, -0.1) is 0 Å². The number of amides is 1. The van der Waals surface area contributed by atoms with Gasteiger partial charge in [-0.05, 0) is 0 Å². The zero-order valence-corrected chi connectivity index (χ0v) is 7.16. The maximum absolute atomic E-state index is 10.9. The van der Waals surface area contributed by atoms with Gasteiger partial charge in [0.25, 0.3) is 0 Å². The van der Waals surface area contributed by atoms with Gasteiger partial charge in [0.2, 0.25) is 11.9 Å². The van der Waals surface area contributed by atoms with E-state index in [0.717, 1.165) is 0 Å². The average molecular weight is 172 g/mol. The minimum Gasteiger partial charge on any atom is -0.349 e. The highest BCUT2D eigenvalue weighted by molar-refractivity contribution is 5.77. The van der Waals surface area contributed by atoms with Gasteiger partial charge in [-0.2, -0.15) is 0 Å². The van der Waals surface area contributed by atoms with Crippen molar-refractivity contribution < 1.29 is 9.72 Å². The molecular formula is C7H12N2O3. The summed E-state index contributed by atoms with van der Waals surface area (Å²) in [5, 5.41) is 13.0. The fraction of sp³-hybridized carbons (Fsp3) is 0.857. The highest BCUT2D eigenvalue weighted by Gasteiger charge is 2.43. The highest BCUT2D eigenvalue weighted by Crippen LogP contribution is 2.29. The topological polar surface area (TPSA) is 72.2 Å². The molecule has 1 atom stereocenters. The maximum atomic E-state index is 10.9. The first kappa shape index (κ1) is 8.96. The fourth-order valence-electron chi connectivity index (χ4n) is 1.44. The van der Waals surface area contributed by atoms with Crippen LogP contribution in [-0.2, 0) is 4.79 Å².